The smallest absolute Gasteiger partial charge is 0.243 e. The van der Waals surface area contributed by atoms with Crippen molar-refractivity contribution in [2.45, 2.75) is 37.8 Å². The number of nitrogens with zero attached hydrogens (tertiary/aromatic N) is 1. The van der Waals surface area contributed by atoms with Crippen LogP contribution in [0.25, 0.3) is 0 Å². The predicted octanol–water partition coefficient (Wildman–Crippen LogP) is 2.71. The van der Waals surface area contributed by atoms with Crippen LogP contribution in [0.4, 0.5) is 5.69 Å². The molecule has 2 aliphatic rings. The van der Waals surface area contributed by atoms with Gasteiger partial charge in [0.2, 0.25) is 17.7 Å². The summed E-state index contributed by atoms with van der Waals surface area (Å²) in [4.78, 5) is 40.1. The summed E-state index contributed by atoms with van der Waals surface area (Å²) in [5.74, 6) is -0.753. The van der Waals surface area contributed by atoms with Crippen LogP contribution < -0.4 is 20.3 Å². The number of carbonyl (C=O) groups is 3. The van der Waals surface area contributed by atoms with Gasteiger partial charge in [-0.2, -0.15) is 0 Å². The second-order valence-electron chi connectivity index (χ2n) is 8.26. The standard InChI is InChI=1S/C24H26ClN3O4/c1-32-21-10-7-17(25)13-20(21)28-14-16(12-22(28)29)23(30)27-19(24(31)26-18-8-9-18)11-15-5-3-2-4-6-15/h2-7,10,13,16,18-19H,8-9,11-12,14H2,1H3,(H,26,31)(H,27,30). The van der Waals surface area contributed by atoms with Gasteiger partial charge in [-0.3, -0.25) is 14.4 Å². The van der Waals surface area contributed by atoms with E-state index in [1.807, 2.05) is 30.3 Å². The van der Waals surface area contributed by atoms with Gasteiger partial charge in [-0.05, 0) is 36.6 Å². The van der Waals surface area contributed by atoms with Crippen LogP contribution >= 0.6 is 11.6 Å². The lowest BCUT2D eigenvalue weighted by Gasteiger charge is -2.22. The predicted molar refractivity (Wildman–Crippen MR) is 122 cm³/mol. The Morgan fingerprint density at radius 1 is 1.19 bits per heavy atom. The van der Waals surface area contributed by atoms with E-state index in [0.717, 1.165) is 18.4 Å². The molecule has 0 bridgehead atoms. The average Bonchev–Trinajstić information content (AvgIpc) is 3.52. The fourth-order valence-electron chi connectivity index (χ4n) is 3.87. The first kappa shape index (κ1) is 22.1. The van der Waals surface area contributed by atoms with Crippen molar-refractivity contribution in [2.24, 2.45) is 5.92 Å². The zero-order valence-corrected chi connectivity index (χ0v) is 18.6. The van der Waals surface area contributed by atoms with E-state index < -0.39 is 12.0 Å². The zero-order valence-electron chi connectivity index (χ0n) is 17.8. The molecule has 1 saturated heterocycles. The molecule has 4 rings (SSSR count). The molecule has 0 aromatic heterocycles. The van der Waals surface area contributed by atoms with E-state index in [9.17, 15) is 14.4 Å². The molecule has 0 radical (unpaired) electrons. The fraction of sp³-hybridized carbons (Fsp3) is 0.375. The molecule has 2 fully saturated rings. The molecule has 2 N–H and O–H groups in total. The number of ether oxygens (including phenoxy) is 1. The monoisotopic (exact) mass is 455 g/mol. The summed E-state index contributed by atoms with van der Waals surface area (Å²) in [5.41, 5.74) is 1.49. The third-order valence-corrected chi connectivity index (χ3v) is 6.00. The molecule has 7 nitrogen and oxygen atoms in total. The molecule has 2 aromatic carbocycles. The van der Waals surface area contributed by atoms with Crippen molar-refractivity contribution in [3.05, 3.63) is 59.1 Å². The van der Waals surface area contributed by atoms with Crippen LogP contribution in [-0.4, -0.2) is 43.5 Å². The lowest BCUT2D eigenvalue weighted by atomic mass is 10.0. The van der Waals surface area contributed by atoms with Crippen molar-refractivity contribution >= 4 is 35.0 Å². The van der Waals surface area contributed by atoms with E-state index in [2.05, 4.69) is 10.6 Å². The van der Waals surface area contributed by atoms with Gasteiger partial charge in [-0.25, -0.2) is 0 Å². The van der Waals surface area contributed by atoms with Gasteiger partial charge in [0.15, 0.2) is 0 Å². The van der Waals surface area contributed by atoms with E-state index in [-0.39, 0.29) is 36.7 Å². The first-order valence-electron chi connectivity index (χ1n) is 10.7. The number of nitrogens with one attached hydrogen (secondary N) is 2. The Bertz CT molecular complexity index is 1010. The zero-order chi connectivity index (χ0) is 22.7. The summed E-state index contributed by atoms with van der Waals surface area (Å²) in [6.45, 7) is 0.198. The first-order chi connectivity index (χ1) is 15.4. The second-order valence-corrected chi connectivity index (χ2v) is 8.69. The van der Waals surface area contributed by atoms with Crippen LogP contribution in [0.5, 0.6) is 5.75 Å². The Hall–Kier alpha value is -3.06. The van der Waals surface area contributed by atoms with E-state index in [1.54, 1.807) is 18.2 Å². The molecule has 1 saturated carbocycles. The lowest BCUT2D eigenvalue weighted by molar-refractivity contribution is -0.131. The Labute approximate surface area is 192 Å². The highest BCUT2D eigenvalue weighted by atomic mass is 35.5. The quantitative estimate of drug-likeness (QED) is 0.640. The average molecular weight is 456 g/mol. The molecular weight excluding hydrogens is 430 g/mol. The van der Waals surface area contributed by atoms with Crippen LogP contribution in [0.1, 0.15) is 24.8 Å². The molecule has 3 amide bonds. The first-order valence-corrected chi connectivity index (χ1v) is 11.1. The Morgan fingerprint density at radius 3 is 2.62 bits per heavy atom. The minimum absolute atomic E-state index is 0.0593. The highest BCUT2D eigenvalue weighted by Crippen LogP contribution is 2.35. The highest BCUT2D eigenvalue weighted by molar-refractivity contribution is 6.31. The largest absolute Gasteiger partial charge is 0.495 e. The van der Waals surface area contributed by atoms with Crippen LogP contribution in [0.3, 0.4) is 0 Å². The maximum atomic E-state index is 13.1. The van der Waals surface area contributed by atoms with Gasteiger partial charge in [0.1, 0.15) is 11.8 Å². The fourth-order valence-corrected chi connectivity index (χ4v) is 4.03. The normalized spacial score (nSPS) is 18.9. The summed E-state index contributed by atoms with van der Waals surface area (Å²) in [5, 5.41) is 6.33. The van der Waals surface area contributed by atoms with Crippen molar-refractivity contribution in [2.75, 3.05) is 18.6 Å². The van der Waals surface area contributed by atoms with Crippen LogP contribution in [0.15, 0.2) is 48.5 Å². The number of halogens is 1. The van der Waals surface area contributed by atoms with Gasteiger partial charge in [0, 0.05) is 30.5 Å². The number of rotatable bonds is 8. The number of methoxy groups -OCH3 is 1. The van der Waals surface area contributed by atoms with E-state index in [1.165, 1.54) is 12.0 Å². The summed E-state index contributed by atoms with van der Waals surface area (Å²) < 4.78 is 5.36. The molecular formula is C24H26ClN3O4. The molecule has 2 aromatic rings. The number of hydrogen-bond donors (Lipinski definition) is 2. The molecule has 168 valence electrons. The summed E-state index contributed by atoms with van der Waals surface area (Å²) in [6, 6.07) is 14.1. The lowest BCUT2D eigenvalue weighted by Crippen LogP contribution is -2.50. The summed E-state index contributed by atoms with van der Waals surface area (Å²) in [6.07, 6.45) is 2.37. The molecule has 0 spiro atoms. The molecule has 32 heavy (non-hydrogen) atoms. The van der Waals surface area contributed by atoms with Gasteiger partial charge in [-0.15, -0.1) is 0 Å². The molecule has 2 atom stereocenters. The third-order valence-electron chi connectivity index (χ3n) is 5.77. The molecule has 1 heterocycles. The van der Waals surface area contributed by atoms with Crippen LogP contribution in [0, 0.1) is 5.92 Å². The molecule has 1 aliphatic carbocycles. The molecule has 2 unspecified atom stereocenters. The van der Waals surface area contributed by atoms with Gasteiger partial charge in [0.05, 0.1) is 18.7 Å². The maximum Gasteiger partial charge on any atom is 0.243 e. The SMILES string of the molecule is COc1ccc(Cl)cc1N1CC(C(=O)NC(Cc2ccccc2)C(=O)NC2CC2)CC1=O. The Kier molecular flexibility index (Phi) is 6.65. The number of benzene rings is 2. The van der Waals surface area contributed by atoms with Gasteiger partial charge < -0.3 is 20.3 Å². The maximum absolute atomic E-state index is 13.1. The van der Waals surface area contributed by atoms with Gasteiger partial charge >= 0.3 is 0 Å². The third kappa shape index (κ3) is 5.22. The van der Waals surface area contributed by atoms with Gasteiger partial charge in [-0.1, -0.05) is 41.9 Å². The second kappa shape index (κ2) is 9.61. The van der Waals surface area contributed by atoms with Crippen molar-refractivity contribution < 1.29 is 19.1 Å². The Balaban J connectivity index is 1.46. The number of amides is 3. The number of carbonyl (C=O) groups excluding carboxylic acids is 3. The van der Waals surface area contributed by atoms with Crippen LogP contribution in [-0.2, 0) is 20.8 Å². The minimum atomic E-state index is -0.699. The Morgan fingerprint density at radius 2 is 1.94 bits per heavy atom. The van der Waals surface area contributed by atoms with E-state index in [4.69, 9.17) is 16.3 Å². The van der Waals surface area contributed by atoms with E-state index >= 15 is 0 Å². The van der Waals surface area contributed by atoms with Crippen molar-refractivity contribution in [3.63, 3.8) is 0 Å². The number of hydrogen-bond acceptors (Lipinski definition) is 4. The topological polar surface area (TPSA) is 87.7 Å². The summed E-state index contributed by atoms with van der Waals surface area (Å²) in [7, 11) is 1.52. The highest BCUT2D eigenvalue weighted by Gasteiger charge is 2.38. The summed E-state index contributed by atoms with van der Waals surface area (Å²) >= 11 is 6.11. The molecule has 8 heteroatoms. The van der Waals surface area contributed by atoms with Crippen molar-refractivity contribution in [3.8, 4) is 5.75 Å². The number of anilines is 1. The minimum Gasteiger partial charge on any atom is -0.495 e. The van der Waals surface area contributed by atoms with Crippen molar-refractivity contribution in [1.29, 1.82) is 0 Å². The van der Waals surface area contributed by atoms with Crippen molar-refractivity contribution in [1.82, 2.24) is 10.6 Å². The van der Waals surface area contributed by atoms with Crippen LogP contribution in [0.2, 0.25) is 5.02 Å². The van der Waals surface area contributed by atoms with E-state index in [0.29, 0.717) is 22.9 Å². The molecule has 1 aliphatic heterocycles. The van der Waals surface area contributed by atoms with Gasteiger partial charge in [0.25, 0.3) is 0 Å².